The molecule has 14 heavy (non-hydrogen) atoms. The van der Waals surface area contributed by atoms with Gasteiger partial charge in [0.05, 0.1) is 13.2 Å². The first-order valence-corrected chi connectivity index (χ1v) is 6.28. The molecule has 0 bridgehead atoms. The Morgan fingerprint density at radius 1 is 1.29 bits per heavy atom. The molecule has 1 aliphatic rings. The molecular weight excluding hydrogens is 194 g/mol. The molecule has 0 aromatic carbocycles. The molecule has 0 saturated carbocycles. The molecule has 2 unspecified atom stereocenters. The number of piperidine rings is 1. The number of hydrogen-bond acceptors (Lipinski definition) is 3. The second kappa shape index (κ2) is 6.70. The fourth-order valence-electron chi connectivity index (χ4n) is 1.91. The molecule has 1 fully saturated rings. The Hall–Kier alpha value is 0.270. The average Bonchev–Trinajstić information content (AvgIpc) is 2.18. The van der Waals surface area contributed by atoms with E-state index in [1.807, 2.05) is 0 Å². The largest absolute Gasteiger partial charge is 0.379 e. The van der Waals surface area contributed by atoms with Crippen molar-refractivity contribution < 1.29 is 4.74 Å². The molecule has 3 heteroatoms. The molecule has 0 aromatic rings. The van der Waals surface area contributed by atoms with Crippen LogP contribution in [0.5, 0.6) is 0 Å². The SMILES string of the molecule is CC1CCN(CCOCCS)CC1C. The number of hydrogen-bond donors (Lipinski definition) is 1. The van der Waals surface area contributed by atoms with Gasteiger partial charge in [-0.15, -0.1) is 0 Å². The zero-order valence-electron chi connectivity index (χ0n) is 9.41. The van der Waals surface area contributed by atoms with E-state index in [9.17, 15) is 0 Å². The maximum absolute atomic E-state index is 5.43. The molecule has 1 aliphatic heterocycles. The van der Waals surface area contributed by atoms with Gasteiger partial charge in [-0.25, -0.2) is 0 Å². The Labute approximate surface area is 93.4 Å². The van der Waals surface area contributed by atoms with Crippen LogP contribution in [0, 0.1) is 11.8 Å². The van der Waals surface area contributed by atoms with E-state index in [0.29, 0.717) is 0 Å². The molecular formula is C11H23NOS. The number of nitrogens with zero attached hydrogens (tertiary/aromatic N) is 1. The minimum atomic E-state index is 0.781. The molecule has 0 aromatic heterocycles. The first kappa shape index (κ1) is 12.3. The Morgan fingerprint density at radius 2 is 2.07 bits per heavy atom. The quantitative estimate of drug-likeness (QED) is 0.558. The predicted molar refractivity (Wildman–Crippen MR) is 64.1 cm³/mol. The number of likely N-dealkylation sites (tertiary alicyclic amines) is 1. The highest BCUT2D eigenvalue weighted by atomic mass is 32.1. The first-order chi connectivity index (χ1) is 6.74. The van der Waals surface area contributed by atoms with Gasteiger partial charge < -0.3 is 9.64 Å². The monoisotopic (exact) mass is 217 g/mol. The molecule has 2 atom stereocenters. The minimum Gasteiger partial charge on any atom is -0.379 e. The summed E-state index contributed by atoms with van der Waals surface area (Å²) in [6.45, 7) is 9.93. The Kier molecular flexibility index (Phi) is 5.90. The second-order valence-electron chi connectivity index (χ2n) is 4.38. The highest BCUT2D eigenvalue weighted by Gasteiger charge is 2.21. The van der Waals surface area contributed by atoms with Crippen molar-refractivity contribution in [3.63, 3.8) is 0 Å². The summed E-state index contributed by atoms with van der Waals surface area (Å²) >= 11 is 4.11. The van der Waals surface area contributed by atoms with Crippen LogP contribution in [-0.4, -0.2) is 43.5 Å². The van der Waals surface area contributed by atoms with E-state index in [4.69, 9.17) is 4.74 Å². The average molecular weight is 217 g/mol. The Balaban J connectivity index is 2.07. The van der Waals surface area contributed by atoms with Crippen LogP contribution in [-0.2, 0) is 4.74 Å². The molecule has 0 amide bonds. The van der Waals surface area contributed by atoms with Gasteiger partial charge in [-0.1, -0.05) is 13.8 Å². The van der Waals surface area contributed by atoms with Crippen LogP contribution >= 0.6 is 12.6 Å². The lowest BCUT2D eigenvalue weighted by Gasteiger charge is -2.35. The molecule has 1 saturated heterocycles. The summed E-state index contributed by atoms with van der Waals surface area (Å²) in [5.74, 6) is 2.56. The van der Waals surface area contributed by atoms with Gasteiger partial charge in [-0.05, 0) is 24.8 Å². The van der Waals surface area contributed by atoms with Crippen molar-refractivity contribution in [3.05, 3.63) is 0 Å². The lowest BCUT2D eigenvalue weighted by atomic mass is 9.89. The third-order valence-electron chi connectivity index (χ3n) is 3.21. The number of thiol groups is 1. The van der Waals surface area contributed by atoms with E-state index in [1.165, 1.54) is 19.5 Å². The highest BCUT2D eigenvalue weighted by molar-refractivity contribution is 7.80. The number of rotatable bonds is 5. The molecule has 0 aliphatic carbocycles. The van der Waals surface area contributed by atoms with Crippen LogP contribution in [0.25, 0.3) is 0 Å². The van der Waals surface area contributed by atoms with E-state index >= 15 is 0 Å². The van der Waals surface area contributed by atoms with Gasteiger partial charge in [0.25, 0.3) is 0 Å². The molecule has 1 heterocycles. The maximum atomic E-state index is 5.43. The lowest BCUT2D eigenvalue weighted by molar-refractivity contribution is 0.0806. The van der Waals surface area contributed by atoms with Gasteiger partial charge in [0.15, 0.2) is 0 Å². The van der Waals surface area contributed by atoms with Crippen molar-refractivity contribution in [2.24, 2.45) is 11.8 Å². The van der Waals surface area contributed by atoms with Gasteiger partial charge in [-0.3, -0.25) is 0 Å². The fourth-order valence-corrected chi connectivity index (χ4v) is 2.04. The van der Waals surface area contributed by atoms with Gasteiger partial charge in [0.2, 0.25) is 0 Å². The van der Waals surface area contributed by atoms with E-state index in [-0.39, 0.29) is 0 Å². The normalized spacial score (nSPS) is 29.4. The van der Waals surface area contributed by atoms with Crippen LogP contribution in [0.1, 0.15) is 20.3 Å². The van der Waals surface area contributed by atoms with Crippen LogP contribution in [0.2, 0.25) is 0 Å². The summed E-state index contributed by atoms with van der Waals surface area (Å²) in [6.07, 6.45) is 1.34. The van der Waals surface area contributed by atoms with Gasteiger partial charge >= 0.3 is 0 Å². The second-order valence-corrected chi connectivity index (χ2v) is 4.83. The fraction of sp³-hybridized carbons (Fsp3) is 1.00. The lowest BCUT2D eigenvalue weighted by Crippen LogP contribution is -2.40. The van der Waals surface area contributed by atoms with E-state index in [2.05, 4.69) is 31.4 Å². The molecule has 0 spiro atoms. The molecule has 84 valence electrons. The summed E-state index contributed by atoms with van der Waals surface area (Å²) in [7, 11) is 0. The van der Waals surface area contributed by atoms with Gasteiger partial charge in [-0.2, -0.15) is 12.6 Å². The molecule has 0 N–H and O–H groups in total. The summed E-state index contributed by atoms with van der Waals surface area (Å²) in [6, 6.07) is 0. The summed E-state index contributed by atoms with van der Waals surface area (Å²) < 4.78 is 5.43. The molecule has 1 rings (SSSR count). The zero-order valence-corrected chi connectivity index (χ0v) is 10.3. The van der Waals surface area contributed by atoms with Gasteiger partial charge in [0, 0.05) is 18.8 Å². The standard InChI is InChI=1S/C11H23NOS/c1-10-3-4-12(9-11(10)2)5-6-13-7-8-14/h10-11,14H,3-9H2,1-2H3. The van der Waals surface area contributed by atoms with Crippen molar-refractivity contribution in [3.8, 4) is 0 Å². The third kappa shape index (κ3) is 4.20. The van der Waals surface area contributed by atoms with E-state index in [1.54, 1.807) is 0 Å². The Bertz CT molecular complexity index is 154. The summed E-state index contributed by atoms with van der Waals surface area (Å²) in [5, 5.41) is 0. The summed E-state index contributed by atoms with van der Waals surface area (Å²) in [4.78, 5) is 2.52. The number of ether oxygens (including phenoxy) is 1. The highest BCUT2D eigenvalue weighted by Crippen LogP contribution is 2.21. The van der Waals surface area contributed by atoms with Gasteiger partial charge in [0.1, 0.15) is 0 Å². The van der Waals surface area contributed by atoms with Crippen LogP contribution in [0.4, 0.5) is 0 Å². The van der Waals surface area contributed by atoms with Crippen LogP contribution in [0.15, 0.2) is 0 Å². The van der Waals surface area contributed by atoms with Crippen LogP contribution < -0.4 is 0 Å². The maximum Gasteiger partial charge on any atom is 0.0593 e. The van der Waals surface area contributed by atoms with Crippen LogP contribution in [0.3, 0.4) is 0 Å². The zero-order chi connectivity index (χ0) is 10.4. The van der Waals surface area contributed by atoms with E-state index in [0.717, 1.165) is 37.3 Å². The molecule has 2 nitrogen and oxygen atoms in total. The van der Waals surface area contributed by atoms with Crippen molar-refractivity contribution in [1.29, 1.82) is 0 Å². The summed E-state index contributed by atoms with van der Waals surface area (Å²) in [5.41, 5.74) is 0. The topological polar surface area (TPSA) is 12.5 Å². The predicted octanol–water partition coefficient (Wildman–Crippen LogP) is 1.91. The van der Waals surface area contributed by atoms with Crippen molar-refractivity contribution in [1.82, 2.24) is 4.90 Å². The van der Waals surface area contributed by atoms with Crippen molar-refractivity contribution in [2.45, 2.75) is 20.3 Å². The van der Waals surface area contributed by atoms with Crippen molar-refractivity contribution in [2.75, 3.05) is 38.6 Å². The Morgan fingerprint density at radius 3 is 2.71 bits per heavy atom. The first-order valence-electron chi connectivity index (χ1n) is 5.65. The third-order valence-corrected chi connectivity index (χ3v) is 3.39. The van der Waals surface area contributed by atoms with E-state index < -0.39 is 0 Å². The minimum absolute atomic E-state index is 0.781. The smallest absolute Gasteiger partial charge is 0.0593 e. The molecule has 0 radical (unpaired) electrons. The van der Waals surface area contributed by atoms with Crippen molar-refractivity contribution >= 4 is 12.6 Å².